The van der Waals surface area contributed by atoms with E-state index in [1.165, 1.54) is 38.5 Å². The van der Waals surface area contributed by atoms with Gasteiger partial charge in [-0.15, -0.1) is 0 Å². The lowest BCUT2D eigenvalue weighted by Crippen LogP contribution is -2.35. The van der Waals surface area contributed by atoms with Crippen LogP contribution in [0.1, 0.15) is 55.1 Å². The average molecular weight is 337 g/mol. The average Bonchev–Trinajstić information content (AvgIpc) is 3.27. The van der Waals surface area contributed by atoms with Crippen LogP contribution in [0.5, 0.6) is 0 Å². The van der Waals surface area contributed by atoms with Gasteiger partial charge >= 0.3 is 0 Å². The normalized spacial score (nSPS) is 22.1. The van der Waals surface area contributed by atoms with Gasteiger partial charge in [-0.1, -0.05) is 0 Å². The zero-order valence-electron chi connectivity index (χ0n) is 11.7. The highest BCUT2D eigenvalue weighted by Gasteiger charge is 2.34. The van der Waals surface area contributed by atoms with E-state index in [9.17, 15) is 4.79 Å². The first kappa shape index (κ1) is 12.9. The van der Waals surface area contributed by atoms with E-state index in [4.69, 9.17) is 0 Å². The first-order valence-electron chi connectivity index (χ1n) is 7.87. The summed E-state index contributed by atoms with van der Waals surface area (Å²) in [5.41, 5.74) is 0.890. The molecule has 0 atom stereocenters. The molecule has 0 radical (unpaired) electrons. The van der Waals surface area contributed by atoms with Crippen molar-refractivity contribution >= 4 is 21.8 Å². The molecule has 3 aliphatic rings. The fourth-order valence-electron chi connectivity index (χ4n) is 2.90. The first-order valence-corrected chi connectivity index (χ1v) is 8.66. The number of aromatic nitrogens is 1. The minimum Gasteiger partial charge on any atom is -0.339 e. The molecule has 0 aromatic carbocycles. The quantitative estimate of drug-likeness (QED) is 0.774. The molecule has 1 amide bonds. The number of nitrogens with zero attached hydrogens (tertiary/aromatic N) is 2. The molecule has 1 aromatic rings. The number of hydrogen-bond donors (Lipinski definition) is 0. The summed E-state index contributed by atoms with van der Waals surface area (Å²) in [4.78, 5) is 15.1. The van der Waals surface area contributed by atoms with Crippen LogP contribution in [0.4, 0.5) is 0 Å². The van der Waals surface area contributed by atoms with E-state index in [-0.39, 0.29) is 5.91 Å². The highest BCUT2D eigenvalue weighted by atomic mass is 79.9. The monoisotopic (exact) mass is 336 g/mol. The van der Waals surface area contributed by atoms with Crippen molar-refractivity contribution in [3.63, 3.8) is 0 Å². The fourth-order valence-corrected chi connectivity index (χ4v) is 3.34. The maximum atomic E-state index is 12.9. The maximum absolute atomic E-state index is 12.9. The van der Waals surface area contributed by atoms with E-state index in [1.807, 2.05) is 6.07 Å². The largest absolute Gasteiger partial charge is 0.339 e. The SMILES string of the molecule is O=C(c1cc(Br)cn1C1CC1)N(CC1CC1)CC1CC1. The van der Waals surface area contributed by atoms with Crippen LogP contribution in [0.25, 0.3) is 0 Å². The number of carbonyl (C=O) groups is 1. The smallest absolute Gasteiger partial charge is 0.270 e. The van der Waals surface area contributed by atoms with Crippen LogP contribution < -0.4 is 0 Å². The number of amides is 1. The Kier molecular flexibility index (Phi) is 3.17. The summed E-state index contributed by atoms with van der Waals surface area (Å²) in [5, 5.41) is 0. The van der Waals surface area contributed by atoms with Crippen LogP contribution in [-0.2, 0) is 0 Å². The second kappa shape index (κ2) is 4.90. The Morgan fingerprint density at radius 1 is 1.15 bits per heavy atom. The number of halogens is 1. The molecule has 3 saturated carbocycles. The van der Waals surface area contributed by atoms with E-state index in [0.29, 0.717) is 6.04 Å². The van der Waals surface area contributed by atoms with Gasteiger partial charge in [0.15, 0.2) is 0 Å². The maximum Gasteiger partial charge on any atom is 0.270 e. The molecule has 0 saturated heterocycles. The van der Waals surface area contributed by atoms with Gasteiger partial charge in [0.25, 0.3) is 5.91 Å². The van der Waals surface area contributed by atoms with Gasteiger partial charge in [-0.3, -0.25) is 4.79 Å². The molecule has 0 aliphatic heterocycles. The minimum atomic E-state index is 0.251. The van der Waals surface area contributed by atoms with Crippen molar-refractivity contribution in [3.05, 3.63) is 22.4 Å². The van der Waals surface area contributed by atoms with E-state index in [0.717, 1.165) is 35.1 Å². The molecule has 0 unspecified atom stereocenters. The van der Waals surface area contributed by atoms with E-state index in [2.05, 4.69) is 31.6 Å². The van der Waals surface area contributed by atoms with E-state index in [1.54, 1.807) is 0 Å². The second-order valence-electron chi connectivity index (χ2n) is 6.78. The predicted octanol–water partition coefficient (Wildman–Crippen LogP) is 3.85. The lowest BCUT2D eigenvalue weighted by atomic mass is 10.2. The fraction of sp³-hybridized carbons (Fsp3) is 0.688. The molecular formula is C16H21BrN2O. The molecule has 4 rings (SSSR count). The molecule has 3 aliphatic carbocycles. The summed E-state index contributed by atoms with van der Waals surface area (Å²) in [7, 11) is 0. The van der Waals surface area contributed by atoms with Crippen molar-refractivity contribution in [3.8, 4) is 0 Å². The molecule has 3 fully saturated rings. The van der Waals surface area contributed by atoms with E-state index >= 15 is 0 Å². The van der Waals surface area contributed by atoms with Gasteiger partial charge in [0.05, 0.1) is 0 Å². The highest BCUT2D eigenvalue weighted by molar-refractivity contribution is 9.10. The third-order valence-corrected chi connectivity index (χ3v) is 5.05. The summed E-state index contributed by atoms with van der Waals surface area (Å²) in [5.74, 6) is 1.79. The summed E-state index contributed by atoms with van der Waals surface area (Å²) in [6.07, 6.45) is 9.74. The van der Waals surface area contributed by atoms with Crippen LogP contribution in [-0.4, -0.2) is 28.5 Å². The molecule has 3 nitrogen and oxygen atoms in total. The van der Waals surface area contributed by atoms with Crippen LogP contribution in [0.15, 0.2) is 16.7 Å². The molecule has 4 heteroatoms. The third kappa shape index (κ3) is 2.80. The van der Waals surface area contributed by atoms with Crippen molar-refractivity contribution in [2.75, 3.05) is 13.1 Å². The van der Waals surface area contributed by atoms with Crippen molar-refractivity contribution in [2.24, 2.45) is 11.8 Å². The Balaban J connectivity index is 1.55. The van der Waals surface area contributed by atoms with Crippen LogP contribution in [0.2, 0.25) is 0 Å². The summed E-state index contributed by atoms with van der Waals surface area (Å²) < 4.78 is 3.23. The summed E-state index contributed by atoms with van der Waals surface area (Å²) in [6.45, 7) is 1.95. The Morgan fingerprint density at radius 2 is 1.75 bits per heavy atom. The van der Waals surface area contributed by atoms with Crippen LogP contribution >= 0.6 is 15.9 Å². The van der Waals surface area contributed by atoms with Crippen molar-refractivity contribution in [1.82, 2.24) is 9.47 Å². The number of hydrogen-bond acceptors (Lipinski definition) is 1. The molecule has 0 bridgehead atoms. The van der Waals surface area contributed by atoms with Gasteiger partial charge in [-0.05, 0) is 72.4 Å². The summed E-state index contributed by atoms with van der Waals surface area (Å²) in [6, 6.07) is 2.57. The van der Waals surface area contributed by atoms with Gasteiger partial charge in [-0.25, -0.2) is 0 Å². The Bertz CT molecular complexity index is 513. The third-order valence-electron chi connectivity index (χ3n) is 4.61. The van der Waals surface area contributed by atoms with Crippen LogP contribution in [0, 0.1) is 11.8 Å². The molecular weight excluding hydrogens is 316 g/mol. The Hall–Kier alpha value is -0.770. The van der Waals surface area contributed by atoms with Gasteiger partial charge in [0.1, 0.15) is 5.69 Å². The van der Waals surface area contributed by atoms with Gasteiger partial charge in [0.2, 0.25) is 0 Å². The highest BCUT2D eigenvalue weighted by Crippen LogP contribution is 2.39. The van der Waals surface area contributed by atoms with E-state index < -0.39 is 0 Å². The molecule has 0 N–H and O–H groups in total. The number of rotatable bonds is 6. The molecule has 1 heterocycles. The Morgan fingerprint density at radius 3 is 2.25 bits per heavy atom. The summed E-state index contributed by atoms with van der Waals surface area (Å²) >= 11 is 3.53. The lowest BCUT2D eigenvalue weighted by molar-refractivity contribution is 0.0728. The van der Waals surface area contributed by atoms with Crippen molar-refractivity contribution in [2.45, 2.75) is 44.6 Å². The zero-order valence-corrected chi connectivity index (χ0v) is 13.3. The van der Waals surface area contributed by atoms with Crippen LogP contribution in [0.3, 0.4) is 0 Å². The standard InChI is InChI=1S/C16H21BrN2O/c17-13-7-15(19(10-13)14-5-6-14)16(20)18(8-11-1-2-11)9-12-3-4-12/h7,10-12,14H,1-6,8-9H2. The Labute approximate surface area is 128 Å². The minimum absolute atomic E-state index is 0.251. The molecule has 108 valence electrons. The first-order chi connectivity index (χ1) is 9.70. The van der Waals surface area contributed by atoms with Crippen molar-refractivity contribution in [1.29, 1.82) is 0 Å². The topological polar surface area (TPSA) is 25.2 Å². The van der Waals surface area contributed by atoms with Crippen molar-refractivity contribution < 1.29 is 4.79 Å². The van der Waals surface area contributed by atoms with Gasteiger partial charge in [0, 0.05) is 29.8 Å². The second-order valence-corrected chi connectivity index (χ2v) is 7.69. The molecule has 20 heavy (non-hydrogen) atoms. The molecule has 0 spiro atoms. The zero-order chi connectivity index (χ0) is 13.7. The molecule has 1 aromatic heterocycles. The predicted molar refractivity (Wildman–Crippen MR) is 81.8 cm³/mol. The number of carbonyl (C=O) groups excluding carboxylic acids is 1. The van der Waals surface area contributed by atoms with Gasteiger partial charge < -0.3 is 9.47 Å². The van der Waals surface area contributed by atoms with Gasteiger partial charge in [-0.2, -0.15) is 0 Å². The lowest BCUT2D eigenvalue weighted by Gasteiger charge is -2.23.